The van der Waals surface area contributed by atoms with Crippen LogP contribution < -0.4 is 0 Å². The van der Waals surface area contributed by atoms with E-state index in [9.17, 15) is 4.79 Å². The minimum Gasteiger partial charge on any atom is -0.468 e. The van der Waals surface area contributed by atoms with Gasteiger partial charge in [-0.05, 0) is 25.3 Å². The molecule has 0 aliphatic carbocycles. The Bertz CT molecular complexity index is 286. The molecule has 0 saturated heterocycles. The fraction of sp³-hybridized carbons (Fsp3) is 0.636. The molecule has 0 aromatic carbocycles. The van der Waals surface area contributed by atoms with Crippen LogP contribution in [0.1, 0.15) is 27.7 Å². The molecular weight excluding hydrogens is 178 g/mol. The number of rotatable bonds is 3. The molecule has 0 radical (unpaired) electrons. The molecule has 0 fully saturated rings. The van der Waals surface area contributed by atoms with Gasteiger partial charge in [0, 0.05) is 0 Å². The fourth-order valence-electron chi connectivity index (χ4n) is 1.17. The highest BCUT2D eigenvalue weighted by atomic mass is 16.5. The van der Waals surface area contributed by atoms with E-state index in [4.69, 9.17) is 5.26 Å². The number of carbonyl (C=O) groups is 1. The van der Waals surface area contributed by atoms with Crippen LogP contribution in [0.5, 0.6) is 0 Å². The Morgan fingerprint density at radius 3 is 2.36 bits per heavy atom. The van der Waals surface area contributed by atoms with Crippen molar-refractivity contribution in [3.05, 3.63) is 11.6 Å². The number of hydrogen-bond acceptors (Lipinski definition) is 3. The molecule has 0 aliphatic heterocycles. The molecule has 0 amide bonds. The van der Waals surface area contributed by atoms with Crippen LogP contribution >= 0.6 is 0 Å². The molecule has 0 bridgehead atoms. The van der Waals surface area contributed by atoms with E-state index in [-0.39, 0.29) is 0 Å². The molecule has 0 aromatic heterocycles. The van der Waals surface area contributed by atoms with Crippen LogP contribution in [0, 0.1) is 22.7 Å². The van der Waals surface area contributed by atoms with E-state index in [2.05, 4.69) is 4.74 Å². The predicted molar refractivity (Wildman–Crippen MR) is 54.3 cm³/mol. The lowest BCUT2D eigenvalue weighted by atomic mass is 9.83. The zero-order valence-corrected chi connectivity index (χ0v) is 9.42. The van der Waals surface area contributed by atoms with E-state index >= 15 is 0 Å². The quantitative estimate of drug-likeness (QED) is 0.513. The summed E-state index contributed by atoms with van der Waals surface area (Å²) in [4.78, 5) is 11.4. The highest BCUT2D eigenvalue weighted by Crippen LogP contribution is 2.28. The molecule has 3 nitrogen and oxygen atoms in total. The SMILES string of the molecule is COC(=O)[C@](C)(C#N)/C(C)=C/C(C)C. The Kier molecular flexibility index (Phi) is 4.36. The number of methoxy groups -OCH3 is 1. The van der Waals surface area contributed by atoms with Crippen molar-refractivity contribution in [2.24, 2.45) is 11.3 Å². The zero-order valence-electron chi connectivity index (χ0n) is 9.42. The first-order valence-electron chi connectivity index (χ1n) is 4.57. The summed E-state index contributed by atoms with van der Waals surface area (Å²) < 4.78 is 4.61. The smallest absolute Gasteiger partial charge is 0.330 e. The second-order valence-electron chi connectivity index (χ2n) is 3.82. The van der Waals surface area contributed by atoms with Crippen LogP contribution in [0.2, 0.25) is 0 Å². The van der Waals surface area contributed by atoms with Crippen LogP contribution in [0.25, 0.3) is 0 Å². The molecule has 0 heterocycles. The van der Waals surface area contributed by atoms with Gasteiger partial charge in [0.1, 0.15) is 0 Å². The average molecular weight is 195 g/mol. The number of ether oxygens (including phenoxy) is 1. The first-order chi connectivity index (χ1) is 6.38. The molecular formula is C11H17NO2. The highest BCUT2D eigenvalue weighted by molar-refractivity contribution is 5.83. The minimum absolute atomic E-state index is 0.312. The summed E-state index contributed by atoms with van der Waals surface area (Å²) in [5.41, 5.74) is -0.416. The van der Waals surface area contributed by atoms with Gasteiger partial charge in [0.25, 0.3) is 0 Å². The van der Waals surface area contributed by atoms with E-state index in [1.807, 2.05) is 26.0 Å². The van der Waals surface area contributed by atoms with Crippen LogP contribution in [0.4, 0.5) is 0 Å². The van der Waals surface area contributed by atoms with Gasteiger partial charge in [-0.25, -0.2) is 4.79 Å². The lowest BCUT2D eigenvalue weighted by Crippen LogP contribution is -2.28. The van der Waals surface area contributed by atoms with Crippen molar-refractivity contribution in [3.8, 4) is 6.07 Å². The molecule has 0 saturated carbocycles. The summed E-state index contributed by atoms with van der Waals surface area (Å²) in [6.45, 7) is 7.35. The topological polar surface area (TPSA) is 50.1 Å². The summed E-state index contributed by atoms with van der Waals surface area (Å²) in [5, 5.41) is 8.98. The number of hydrogen-bond donors (Lipinski definition) is 0. The number of esters is 1. The van der Waals surface area contributed by atoms with Gasteiger partial charge in [-0.1, -0.05) is 19.9 Å². The highest BCUT2D eigenvalue weighted by Gasteiger charge is 2.36. The van der Waals surface area contributed by atoms with Gasteiger partial charge in [-0.15, -0.1) is 0 Å². The standard InChI is InChI=1S/C11H17NO2/c1-8(2)6-9(3)11(4,7-12)10(13)14-5/h6,8H,1-5H3/b9-6+/t11-/m1/s1. The monoisotopic (exact) mass is 195 g/mol. The normalized spacial score (nSPS) is 15.9. The molecule has 0 aromatic rings. The van der Waals surface area contributed by atoms with Crippen molar-refractivity contribution in [1.29, 1.82) is 5.26 Å². The first-order valence-corrected chi connectivity index (χ1v) is 4.57. The molecule has 0 rings (SSSR count). The molecule has 0 aliphatic rings. The summed E-state index contributed by atoms with van der Waals surface area (Å²) in [7, 11) is 1.29. The molecule has 3 heteroatoms. The van der Waals surface area contributed by atoms with Crippen LogP contribution in [-0.2, 0) is 9.53 Å². The second kappa shape index (κ2) is 4.80. The van der Waals surface area contributed by atoms with Gasteiger partial charge >= 0.3 is 5.97 Å². The summed E-state index contributed by atoms with van der Waals surface area (Å²) >= 11 is 0. The van der Waals surface area contributed by atoms with E-state index < -0.39 is 11.4 Å². The predicted octanol–water partition coefficient (Wildman–Crippen LogP) is 2.29. The van der Waals surface area contributed by atoms with Gasteiger partial charge < -0.3 is 4.74 Å². The number of carbonyl (C=O) groups excluding carboxylic acids is 1. The molecule has 0 spiro atoms. The Labute approximate surface area is 85.4 Å². The van der Waals surface area contributed by atoms with Gasteiger partial charge in [-0.3, -0.25) is 0 Å². The van der Waals surface area contributed by atoms with Gasteiger partial charge in [0.05, 0.1) is 13.2 Å². The van der Waals surface area contributed by atoms with E-state index in [0.29, 0.717) is 5.92 Å². The number of nitriles is 1. The van der Waals surface area contributed by atoms with Gasteiger partial charge in [-0.2, -0.15) is 5.26 Å². The van der Waals surface area contributed by atoms with Crippen molar-refractivity contribution in [2.45, 2.75) is 27.7 Å². The third-order valence-corrected chi connectivity index (χ3v) is 2.19. The van der Waals surface area contributed by atoms with Crippen molar-refractivity contribution < 1.29 is 9.53 Å². The van der Waals surface area contributed by atoms with Crippen LogP contribution in [0.3, 0.4) is 0 Å². The molecule has 0 unspecified atom stereocenters. The molecule has 1 atom stereocenters. The summed E-state index contributed by atoms with van der Waals surface area (Å²) in [6, 6.07) is 1.99. The van der Waals surface area contributed by atoms with Crippen LogP contribution in [-0.4, -0.2) is 13.1 Å². The van der Waals surface area contributed by atoms with E-state index in [0.717, 1.165) is 5.57 Å². The fourth-order valence-corrected chi connectivity index (χ4v) is 1.17. The van der Waals surface area contributed by atoms with E-state index in [1.165, 1.54) is 7.11 Å². The Hall–Kier alpha value is -1.30. The second-order valence-corrected chi connectivity index (χ2v) is 3.82. The van der Waals surface area contributed by atoms with Crippen molar-refractivity contribution >= 4 is 5.97 Å². The van der Waals surface area contributed by atoms with Crippen molar-refractivity contribution in [2.75, 3.05) is 7.11 Å². The van der Waals surface area contributed by atoms with Crippen LogP contribution in [0.15, 0.2) is 11.6 Å². The Balaban J connectivity index is 5.08. The third kappa shape index (κ3) is 2.59. The largest absolute Gasteiger partial charge is 0.468 e. The Morgan fingerprint density at radius 1 is 1.57 bits per heavy atom. The maximum atomic E-state index is 11.4. The minimum atomic E-state index is -1.15. The summed E-state index contributed by atoms with van der Waals surface area (Å²) in [5.74, 6) is -0.193. The lowest BCUT2D eigenvalue weighted by Gasteiger charge is -2.20. The summed E-state index contributed by atoms with van der Waals surface area (Å²) in [6.07, 6.45) is 1.90. The maximum absolute atomic E-state index is 11.4. The maximum Gasteiger partial charge on any atom is 0.330 e. The average Bonchev–Trinajstić information content (AvgIpc) is 2.14. The third-order valence-electron chi connectivity index (χ3n) is 2.19. The molecule has 0 N–H and O–H groups in total. The molecule has 14 heavy (non-hydrogen) atoms. The van der Waals surface area contributed by atoms with Gasteiger partial charge in [0.2, 0.25) is 0 Å². The number of allylic oxidation sites excluding steroid dienone is 1. The Morgan fingerprint density at radius 2 is 2.07 bits per heavy atom. The van der Waals surface area contributed by atoms with Crippen molar-refractivity contribution in [3.63, 3.8) is 0 Å². The lowest BCUT2D eigenvalue weighted by molar-refractivity contribution is -0.146. The first kappa shape index (κ1) is 12.7. The van der Waals surface area contributed by atoms with E-state index in [1.54, 1.807) is 13.8 Å². The molecule has 78 valence electrons. The number of nitrogens with zero attached hydrogens (tertiary/aromatic N) is 1. The zero-order chi connectivity index (χ0) is 11.4. The van der Waals surface area contributed by atoms with Gasteiger partial charge in [0.15, 0.2) is 5.41 Å². The van der Waals surface area contributed by atoms with Crippen molar-refractivity contribution in [1.82, 2.24) is 0 Å².